The van der Waals surface area contributed by atoms with E-state index in [-0.39, 0.29) is 5.91 Å². The molecule has 0 rings (SSSR count). The first kappa shape index (κ1) is 8.75. The summed E-state index contributed by atoms with van der Waals surface area (Å²) in [5.41, 5.74) is 5.54. The lowest BCUT2D eigenvalue weighted by atomic mass is 10.3. The second-order valence-corrected chi connectivity index (χ2v) is 1.92. The molecule has 0 heterocycles. The van der Waals surface area contributed by atoms with E-state index in [1.54, 1.807) is 13.0 Å². The number of nitrogens with two attached hydrogens (primary N) is 1. The van der Waals surface area contributed by atoms with E-state index in [2.05, 4.69) is 11.9 Å². The Labute approximate surface area is 60.6 Å². The molecule has 3 heteroatoms. The molecule has 3 N–H and O–H groups in total. The minimum absolute atomic E-state index is 0.141. The maximum atomic E-state index is 10.7. The lowest BCUT2D eigenvalue weighted by molar-refractivity contribution is -0.117. The van der Waals surface area contributed by atoms with E-state index in [1.165, 1.54) is 6.20 Å². The maximum absolute atomic E-state index is 10.7. The van der Waals surface area contributed by atoms with Crippen LogP contribution >= 0.6 is 0 Å². The summed E-state index contributed by atoms with van der Waals surface area (Å²) in [6.07, 6.45) is 3.04. The van der Waals surface area contributed by atoms with Crippen molar-refractivity contribution in [2.24, 2.45) is 5.73 Å². The van der Waals surface area contributed by atoms with E-state index in [0.717, 1.165) is 0 Å². The summed E-state index contributed by atoms with van der Waals surface area (Å²) < 4.78 is 0. The first-order chi connectivity index (χ1) is 4.68. The van der Waals surface area contributed by atoms with Gasteiger partial charge in [0.1, 0.15) is 0 Å². The average molecular weight is 140 g/mol. The summed E-state index contributed by atoms with van der Waals surface area (Å²) in [5.74, 6) is -0.141. The van der Waals surface area contributed by atoms with Gasteiger partial charge in [-0.05, 0) is 19.2 Å². The van der Waals surface area contributed by atoms with Crippen LogP contribution in [0.2, 0.25) is 0 Å². The Morgan fingerprint density at radius 3 is 2.80 bits per heavy atom. The molecule has 0 aromatic rings. The zero-order valence-corrected chi connectivity index (χ0v) is 6.05. The van der Waals surface area contributed by atoms with Crippen molar-refractivity contribution < 1.29 is 4.79 Å². The minimum atomic E-state index is -0.141. The van der Waals surface area contributed by atoms with Crippen LogP contribution in [-0.4, -0.2) is 12.5 Å². The van der Waals surface area contributed by atoms with Crippen LogP contribution in [0, 0.1) is 0 Å². The molecule has 1 amide bonds. The SMILES string of the molecule is C=C(C)C(=O)NCC=CN. The molecule has 0 unspecified atom stereocenters. The second-order valence-electron chi connectivity index (χ2n) is 1.92. The molecule has 0 atom stereocenters. The van der Waals surface area contributed by atoms with Gasteiger partial charge in [-0.25, -0.2) is 0 Å². The lowest BCUT2D eigenvalue weighted by Gasteiger charge is -1.98. The fourth-order valence-corrected chi connectivity index (χ4v) is 0.371. The number of nitrogens with one attached hydrogen (secondary N) is 1. The van der Waals surface area contributed by atoms with Crippen molar-refractivity contribution in [3.05, 3.63) is 24.4 Å². The van der Waals surface area contributed by atoms with E-state index in [1.807, 2.05) is 0 Å². The summed E-state index contributed by atoms with van der Waals surface area (Å²) in [6, 6.07) is 0. The normalized spacial score (nSPS) is 9.70. The monoisotopic (exact) mass is 140 g/mol. The summed E-state index contributed by atoms with van der Waals surface area (Å²) in [6.45, 7) is 5.58. The van der Waals surface area contributed by atoms with Gasteiger partial charge in [-0.1, -0.05) is 6.58 Å². The molecular formula is C7H12N2O. The molecule has 0 aromatic carbocycles. The van der Waals surface area contributed by atoms with Gasteiger partial charge in [-0.15, -0.1) is 0 Å². The van der Waals surface area contributed by atoms with Crippen molar-refractivity contribution in [1.29, 1.82) is 0 Å². The van der Waals surface area contributed by atoms with Crippen molar-refractivity contribution in [3.63, 3.8) is 0 Å². The molecule has 3 nitrogen and oxygen atoms in total. The Balaban J connectivity index is 3.50. The highest BCUT2D eigenvalue weighted by atomic mass is 16.1. The molecule has 56 valence electrons. The van der Waals surface area contributed by atoms with E-state index < -0.39 is 0 Å². The maximum Gasteiger partial charge on any atom is 0.246 e. The van der Waals surface area contributed by atoms with Gasteiger partial charge in [0, 0.05) is 12.1 Å². The zero-order chi connectivity index (χ0) is 7.98. The smallest absolute Gasteiger partial charge is 0.246 e. The Bertz CT molecular complexity index is 161. The van der Waals surface area contributed by atoms with Crippen molar-refractivity contribution in [2.45, 2.75) is 6.92 Å². The van der Waals surface area contributed by atoms with Crippen LogP contribution < -0.4 is 11.1 Å². The van der Waals surface area contributed by atoms with Crippen LogP contribution in [0.3, 0.4) is 0 Å². The molecule has 10 heavy (non-hydrogen) atoms. The third-order valence-corrected chi connectivity index (χ3v) is 0.904. The van der Waals surface area contributed by atoms with Gasteiger partial charge in [-0.2, -0.15) is 0 Å². The van der Waals surface area contributed by atoms with E-state index >= 15 is 0 Å². The summed E-state index contributed by atoms with van der Waals surface area (Å²) in [4.78, 5) is 10.7. The van der Waals surface area contributed by atoms with Gasteiger partial charge in [0.15, 0.2) is 0 Å². The van der Waals surface area contributed by atoms with Crippen LogP contribution in [0.4, 0.5) is 0 Å². The molecule has 0 fully saturated rings. The van der Waals surface area contributed by atoms with E-state index in [0.29, 0.717) is 12.1 Å². The highest BCUT2D eigenvalue weighted by Crippen LogP contribution is 1.83. The largest absolute Gasteiger partial charge is 0.405 e. The average Bonchev–Trinajstić information content (AvgIpc) is 1.88. The molecule has 0 bridgehead atoms. The number of hydrogen-bond donors (Lipinski definition) is 2. The molecule has 0 saturated heterocycles. The quantitative estimate of drug-likeness (QED) is 0.548. The third kappa shape index (κ3) is 3.72. The summed E-state index contributed by atoms with van der Waals surface area (Å²) in [7, 11) is 0. The molecule has 0 saturated carbocycles. The molecular weight excluding hydrogens is 128 g/mol. The van der Waals surface area contributed by atoms with Crippen LogP contribution in [0.1, 0.15) is 6.92 Å². The number of hydrogen-bond acceptors (Lipinski definition) is 2. The highest BCUT2D eigenvalue weighted by Gasteiger charge is 1.96. The van der Waals surface area contributed by atoms with Crippen LogP contribution in [0.25, 0.3) is 0 Å². The Hall–Kier alpha value is -1.25. The Morgan fingerprint density at radius 1 is 1.80 bits per heavy atom. The molecule has 0 aliphatic rings. The second kappa shape index (κ2) is 4.61. The third-order valence-electron chi connectivity index (χ3n) is 0.904. The minimum Gasteiger partial charge on any atom is -0.405 e. The molecule has 0 spiro atoms. The van der Waals surface area contributed by atoms with Crippen LogP contribution in [0.5, 0.6) is 0 Å². The fraction of sp³-hybridized carbons (Fsp3) is 0.286. The fourth-order valence-electron chi connectivity index (χ4n) is 0.371. The standard InChI is InChI=1S/C7H12N2O/c1-6(2)7(10)9-5-3-4-8/h3-4H,1,5,8H2,2H3,(H,9,10). The number of rotatable bonds is 3. The summed E-state index contributed by atoms with van der Waals surface area (Å²) in [5, 5.41) is 2.58. The van der Waals surface area contributed by atoms with Gasteiger partial charge in [0.05, 0.1) is 0 Å². The molecule has 0 aromatic heterocycles. The highest BCUT2D eigenvalue weighted by molar-refractivity contribution is 5.92. The number of amides is 1. The Morgan fingerprint density at radius 2 is 2.40 bits per heavy atom. The predicted molar refractivity (Wildman–Crippen MR) is 41.2 cm³/mol. The van der Waals surface area contributed by atoms with Crippen molar-refractivity contribution in [3.8, 4) is 0 Å². The van der Waals surface area contributed by atoms with Gasteiger partial charge in [-0.3, -0.25) is 4.79 Å². The van der Waals surface area contributed by atoms with Gasteiger partial charge < -0.3 is 11.1 Å². The van der Waals surface area contributed by atoms with E-state index in [4.69, 9.17) is 5.73 Å². The molecule has 0 aliphatic carbocycles. The van der Waals surface area contributed by atoms with Crippen LogP contribution in [0.15, 0.2) is 24.4 Å². The number of carbonyl (C=O) groups excluding carboxylic acids is 1. The zero-order valence-electron chi connectivity index (χ0n) is 6.05. The van der Waals surface area contributed by atoms with Crippen molar-refractivity contribution in [2.75, 3.05) is 6.54 Å². The van der Waals surface area contributed by atoms with Gasteiger partial charge in [0.25, 0.3) is 0 Å². The topological polar surface area (TPSA) is 55.1 Å². The molecule has 0 radical (unpaired) electrons. The van der Waals surface area contributed by atoms with E-state index in [9.17, 15) is 4.79 Å². The lowest BCUT2D eigenvalue weighted by Crippen LogP contribution is -2.23. The van der Waals surface area contributed by atoms with Gasteiger partial charge >= 0.3 is 0 Å². The first-order valence-electron chi connectivity index (χ1n) is 2.99. The van der Waals surface area contributed by atoms with Crippen molar-refractivity contribution in [1.82, 2.24) is 5.32 Å². The van der Waals surface area contributed by atoms with Crippen LogP contribution in [-0.2, 0) is 4.79 Å². The number of carbonyl (C=O) groups is 1. The predicted octanol–water partition coefficient (Wildman–Crippen LogP) is 0.151. The molecule has 0 aliphatic heterocycles. The van der Waals surface area contributed by atoms with Gasteiger partial charge in [0.2, 0.25) is 5.91 Å². The first-order valence-corrected chi connectivity index (χ1v) is 2.99. The Kier molecular flexibility index (Phi) is 4.04. The summed E-state index contributed by atoms with van der Waals surface area (Å²) >= 11 is 0. The van der Waals surface area contributed by atoms with Crippen molar-refractivity contribution >= 4 is 5.91 Å².